The van der Waals surface area contributed by atoms with Crippen molar-refractivity contribution >= 4 is 11.9 Å². The van der Waals surface area contributed by atoms with E-state index in [1.807, 2.05) is 0 Å². The predicted molar refractivity (Wildman–Crippen MR) is 76.4 cm³/mol. The lowest BCUT2D eigenvalue weighted by molar-refractivity contribution is -0.144. The first-order chi connectivity index (χ1) is 9.66. The van der Waals surface area contributed by atoms with Gasteiger partial charge in [-0.2, -0.15) is 0 Å². The van der Waals surface area contributed by atoms with E-state index in [2.05, 4.69) is 10.6 Å². The van der Waals surface area contributed by atoms with Gasteiger partial charge < -0.3 is 15.7 Å². The minimum atomic E-state index is -0.882. The number of carboxylic acids is 1. The van der Waals surface area contributed by atoms with E-state index in [1.165, 1.54) is 6.42 Å². The summed E-state index contributed by atoms with van der Waals surface area (Å²) in [5, 5.41) is 15.4. The van der Waals surface area contributed by atoms with Crippen LogP contribution in [0.3, 0.4) is 0 Å². The van der Waals surface area contributed by atoms with Crippen molar-refractivity contribution in [2.45, 2.75) is 57.4 Å². The Morgan fingerprint density at radius 2 is 1.90 bits per heavy atom. The summed E-state index contributed by atoms with van der Waals surface area (Å²) in [4.78, 5) is 23.5. The second-order valence-electron chi connectivity index (χ2n) is 6.20. The van der Waals surface area contributed by atoms with Gasteiger partial charge in [-0.05, 0) is 50.6 Å². The molecule has 2 unspecified atom stereocenters. The third kappa shape index (κ3) is 4.47. The predicted octanol–water partition coefficient (Wildman–Crippen LogP) is 1.53. The van der Waals surface area contributed by atoms with Crippen molar-refractivity contribution in [2.75, 3.05) is 13.1 Å². The van der Waals surface area contributed by atoms with Gasteiger partial charge in [0, 0.05) is 6.42 Å². The van der Waals surface area contributed by atoms with Gasteiger partial charge in [0.2, 0.25) is 5.91 Å². The maximum absolute atomic E-state index is 12.1. The molecule has 0 spiro atoms. The van der Waals surface area contributed by atoms with Crippen molar-refractivity contribution in [3.8, 4) is 0 Å². The quantitative estimate of drug-likeness (QED) is 0.714. The van der Waals surface area contributed by atoms with Crippen molar-refractivity contribution in [1.29, 1.82) is 0 Å². The number of hydrogen-bond donors (Lipinski definition) is 3. The summed E-state index contributed by atoms with van der Waals surface area (Å²) >= 11 is 0. The molecule has 0 aromatic carbocycles. The number of piperidine rings is 1. The molecule has 5 nitrogen and oxygen atoms in total. The van der Waals surface area contributed by atoms with E-state index in [9.17, 15) is 14.7 Å². The number of hydrogen-bond acceptors (Lipinski definition) is 3. The van der Waals surface area contributed by atoms with Crippen LogP contribution < -0.4 is 10.6 Å². The van der Waals surface area contributed by atoms with Gasteiger partial charge in [-0.1, -0.05) is 19.3 Å². The highest BCUT2D eigenvalue weighted by molar-refractivity contribution is 5.83. The summed E-state index contributed by atoms with van der Waals surface area (Å²) in [5.41, 5.74) is 0. The normalized spacial score (nSPS) is 25.9. The SMILES string of the molecule is O=C(CC1CCCNC1)NC(C(=O)O)C1CCCCC1. The van der Waals surface area contributed by atoms with Crippen molar-refractivity contribution < 1.29 is 14.7 Å². The zero-order chi connectivity index (χ0) is 14.4. The summed E-state index contributed by atoms with van der Waals surface area (Å²) < 4.78 is 0. The van der Waals surface area contributed by atoms with E-state index in [0.717, 1.165) is 51.6 Å². The molecule has 2 fully saturated rings. The molecule has 2 atom stereocenters. The van der Waals surface area contributed by atoms with Crippen molar-refractivity contribution in [1.82, 2.24) is 10.6 Å². The number of carbonyl (C=O) groups is 2. The van der Waals surface area contributed by atoms with E-state index in [1.54, 1.807) is 0 Å². The average Bonchev–Trinajstić information content (AvgIpc) is 2.46. The highest BCUT2D eigenvalue weighted by Crippen LogP contribution is 2.27. The van der Waals surface area contributed by atoms with Crippen LogP contribution in [0, 0.1) is 11.8 Å². The monoisotopic (exact) mass is 282 g/mol. The van der Waals surface area contributed by atoms with Gasteiger partial charge in [0.15, 0.2) is 0 Å². The molecule has 1 saturated carbocycles. The molecule has 3 N–H and O–H groups in total. The van der Waals surface area contributed by atoms with Crippen LogP contribution in [0.1, 0.15) is 51.4 Å². The van der Waals surface area contributed by atoms with Crippen LogP contribution in [0.2, 0.25) is 0 Å². The van der Waals surface area contributed by atoms with Crippen LogP contribution in [0.4, 0.5) is 0 Å². The maximum Gasteiger partial charge on any atom is 0.326 e. The summed E-state index contributed by atoms with van der Waals surface area (Å²) in [5.74, 6) is -0.525. The van der Waals surface area contributed by atoms with Gasteiger partial charge >= 0.3 is 5.97 Å². The molecule has 1 saturated heterocycles. The molecule has 0 radical (unpaired) electrons. The highest BCUT2D eigenvalue weighted by Gasteiger charge is 2.31. The molecular weight excluding hydrogens is 256 g/mol. The Balaban J connectivity index is 1.83. The Morgan fingerprint density at radius 3 is 2.50 bits per heavy atom. The lowest BCUT2D eigenvalue weighted by atomic mass is 9.83. The van der Waals surface area contributed by atoms with E-state index >= 15 is 0 Å². The second-order valence-corrected chi connectivity index (χ2v) is 6.20. The first-order valence-electron chi connectivity index (χ1n) is 7.89. The fourth-order valence-corrected chi connectivity index (χ4v) is 3.44. The standard InChI is InChI=1S/C15H26N2O3/c18-13(9-11-5-4-8-16-10-11)17-14(15(19)20)12-6-2-1-3-7-12/h11-12,14,16H,1-10H2,(H,17,18)(H,19,20). The molecule has 1 heterocycles. The summed E-state index contributed by atoms with van der Waals surface area (Å²) in [6, 6.07) is -0.695. The largest absolute Gasteiger partial charge is 0.480 e. The summed E-state index contributed by atoms with van der Waals surface area (Å²) in [6.45, 7) is 1.90. The van der Waals surface area contributed by atoms with Crippen LogP contribution >= 0.6 is 0 Å². The minimum Gasteiger partial charge on any atom is -0.480 e. The van der Waals surface area contributed by atoms with E-state index < -0.39 is 12.0 Å². The van der Waals surface area contributed by atoms with Crippen LogP contribution in [-0.2, 0) is 9.59 Å². The molecule has 20 heavy (non-hydrogen) atoms. The molecule has 5 heteroatoms. The Labute approximate surface area is 120 Å². The third-order valence-corrected chi connectivity index (χ3v) is 4.58. The van der Waals surface area contributed by atoms with Crippen molar-refractivity contribution in [3.05, 3.63) is 0 Å². The molecule has 0 aromatic heterocycles. The summed E-state index contributed by atoms with van der Waals surface area (Å²) in [7, 11) is 0. The topological polar surface area (TPSA) is 78.4 Å². The van der Waals surface area contributed by atoms with Crippen molar-refractivity contribution in [2.24, 2.45) is 11.8 Å². The Kier molecular flexibility index (Phi) is 5.83. The number of aliphatic carboxylic acids is 1. The zero-order valence-corrected chi connectivity index (χ0v) is 12.1. The smallest absolute Gasteiger partial charge is 0.326 e. The lowest BCUT2D eigenvalue weighted by Crippen LogP contribution is -2.47. The van der Waals surface area contributed by atoms with E-state index in [4.69, 9.17) is 0 Å². The van der Waals surface area contributed by atoms with Gasteiger partial charge in [-0.25, -0.2) is 4.79 Å². The molecule has 1 aliphatic heterocycles. The average molecular weight is 282 g/mol. The number of carbonyl (C=O) groups excluding carboxylic acids is 1. The Morgan fingerprint density at radius 1 is 1.15 bits per heavy atom. The molecular formula is C15H26N2O3. The molecule has 2 rings (SSSR count). The Hall–Kier alpha value is -1.10. The molecule has 1 aliphatic carbocycles. The molecule has 0 aromatic rings. The third-order valence-electron chi connectivity index (χ3n) is 4.58. The van der Waals surface area contributed by atoms with E-state index in [0.29, 0.717) is 12.3 Å². The first kappa shape index (κ1) is 15.3. The van der Waals surface area contributed by atoms with Crippen LogP contribution in [0.25, 0.3) is 0 Å². The minimum absolute atomic E-state index is 0.100. The number of carboxylic acid groups (broad SMARTS) is 1. The molecule has 114 valence electrons. The second kappa shape index (κ2) is 7.62. The molecule has 2 aliphatic rings. The number of nitrogens with one attached hydrogen (secondary N) is 2. The Bertz CT molecular complexity index is 334. The zero-order valence-electron chi connectivity index (χ0n) is 12.1. The van der Waals surface area contributed by atoms with Crippen molar-refractivity contribution in [3.63, 3.8) is 0 Å². The van der Waals surface area contributed by atoms with Crippen LogP contribution in [-0.4, -0.2) is 36.1 Å². The number of rotatable bonds is 5. The lowest BCUT2D eigenvalue weighted by Gasteiger charge is -2.29. The van der Waals surface area contributed by atoms with Gasteiger partial charge in [0.1, 0.15) is 6.04 Å². The first-order valence-corrected chi connectivity index (χ1v) is 7.89. The van der Waals surface area contributed by atoms with E-state index in [-0.39, 0.29) is 11.8 Å². The van der Waals surface area contributed by atoms with Crippen LogP contribution in [0.5, 0.6) is 0 Å². The van der Waals surface area contributed by atoms with Gasteiger partial charge in [-0.15, -0.1) is 0 Å². The maximum atomic E-state index is 12.1. The van der Waals surface area contributed by atoms with Gasteiger partial charge in [0.05, 0.1) is 0 Å². The summed E-state index contributed by atoms with van der Waals surface area (Å²) in [6.07, 6.45) is 7.79. The van der Waals surface area contributed by atoms with Crippen LogP contribution in [0.15, 0.2) is 0 Å². The number of amides is 1. The fraction of sp³-hybridized carbons (Fsp3) is 0.867. The molecule has 1 amide bonds. The molecule has 0 bridgehead atoms. The van der Waals surface area contributed by atoms with Gasteiger partial charge in [-0.3, -0.25) is 4.79 Å². The van der Waals surface area contributed by atoms with Gasteiger partial charge in [0.25, 0.3) is 0 Å². The highest BCUT2D eigenvalue weighted by atomic mass is 16.4. The fourth-order valence-electron chi connectivity index (χ4n) is 3.44.